The summed E-state index contributed by atoms with van der Waals surface area (Å²) in [5.41, 5.74) is 3.25. The van der Waals surface area contributed by atoms with Crippen molar-refractivity contribution in [2.75, 3.05) is 29.2 Å². The van der Waals surface area contributed by atoms with Crippen molar-refractivity contribution in [2.24, 2.45) is 5.92 Å². The Morgan fingerprint density at radius 1 is 1.17 bits per heavy atom. The van der Waals surface area contributed by atoms with Gasteiger partial charge in [-0.25, -0.2) is 9.78 Å². The number of aliphatic hydroxyl groups excluding tert-OH is 1. The second kappa shape index (κ2) is 11.0. The van der Waals surface area contributed by atoms with Crippen molar-refractivity contribution in [3.8, 4) is 6.07 Å². The molecule has 0 spiro atoms. The summed E-state index contributed by atoms with van der Waals surface area (Å²) in [5.74, 6) is 0.907. The average Bonchev–Trinajstić information content (AvgIpc) is 3.49. The number of hydrogen-bond donors (Lipinski definition) is 3. The normalized spacial score (nSPS) is 13.5. The molecule has 3 N–H and O–H groups in total. The summed E-state index contributed by atoms with van der Waals surface area (Å²) in [6.07, 6.45) is 5.70. The number of aliphatic hydroxyl groups is 1. The Labute approximate surface area is 204 Å². The van der Waals surface area contributed by atoms with Gasteiger partial charge in [0.15, 0.2) is 0 Å². The first-order valence-corrected chi connectivity index (χ1v) is 11.9. The van der Waals surface area contributed by atoms with E-state index in [2.05, 4.69) is 15.6 Å². The Balaban J connectivity index is 1.53. The molecule has 1 aliphatic carbocycles. The number of nitriles is 1. The van der Waals surface area contributed by atoms with Gasteiger partial charge in [-0.2, -0.15) is 5.26 Å². The number of nitrogens with one attached hydrogen (secondary N) is 2. The van der Waals surface area contributed by atoms with E-state index in [4.69, 9.17) is 5.26 Å². The molecule has 9 heteroatoms. The molecular weight excluding hydrogens is 444 g/mol. The van der Waals surface area contributed by atoms with Gasteiger partial charge in [-0.15, -0.1) is 0 Å². The van der Waals surface area contributed by atoms with Gasteiger partial charge in [0.1, 0.15) is 0 Å². The van der Waals surface area contributed by atoms with Gasteiger partial charge in [0, 0.05) is 38.0 Å². The van der Waals surface area contributed by atoms with Crippen molar-refractivity contribution in [1.29, 1.82) is 5.26 Å². The number of carbonyl (C=O) groups is 2. The average molecular weight is 475 g/mol. The molecule has 1 fully saturated rings. The molecule has 0 bridgehead atoms. The SMILES string of the molecule is CN(C(=O)CC1CCCC1)c1ccc2c(c1)nc(NC(=O)Nc1ccc(C#N)cc1)n2CCCO. The van der Waals surface area contributed by atoms with Gasteiger partial charge >= 0.3 is 6.03 Å². The molecule has 1 aliphatic rings. The molecule has 0 atom stereocenters. The number of fused-ring (bicyclic) bond motifs is 1. The number of amides is 3. The highest BCUT2D eigenvalue weighted by atomic mass is 16.3. The smallest absolute Gasteiger partial charge is 0.326 e. The van der Waals surface area contributed by atoms with Crippen LogP contribution in [0.4, 0.5) is 22.1 Å². The van der Waals surface area contributed by atoms with Crippen LogP contribution in [0.1, 0.15) is 44.1 Å². The summed E-state index contributed by atoms with van der Waals surface area (Å²) >= 11 is 0. The van der Waals surface area contributed by atoms with Gasteiger partial charge in [0.05, 0.1) is 22.7 Å². The van der Waals surface area contributed by atoms with Crippen LogP contribution in [0, 0.1) is 17.2 Å². The van der Waals surface area contributed by atoms with Crippen LogP contribution in [0.3, 0.4) is 0 Å². The molecule has 9 nitrogen and oxygen atoms in total. The zero-order valence-corrected chi connectivity index (χ0v) is 19.8. The number of hydrogen-bond acceptors (Lipinski definition) is 5. The molecule has 0 radical (unpaired) electrons. The lowest BCUT2D eigenvalue weighted by Gasteiger charge is -2.19. The monoisotopic (exact) mass is 474 g/mol. The number of carbonyl (C=O) groups excluding carboxylic acids is 2. The van der Waals surface area contributed by atoms with E-state index >= 15 is 0 Å². The van der Waals surface area contributed by atoms with E-state index in [1.807, 2.05) is 28.8 Å². The standard InChI is InChI=1S/C26H30N6O3/c1-31(24(34)15-18-5-2-3-6-18)21-11-12-23-22(16-21)29-25(32(23)13-4-14-33)30-26(35)28-20-9-7-19(17-27)8-10-20/h7-12,16,18,33H,2-6,13-15H2,1H3,(H2,28,29,30,35). The maximum absolute atomic E-state index is 12.8. The molecule has 1 aromatic heterocycles. The van der Waals surface area contributed by atoms with Crippen molar-refractivity contribution < 1.29 is 14.7 Å². The summed E-state index contributed by atoms with van der Waals surface area (Å²) in [4.78, 5) is 31.7. The van der Waals surface area contributed by atoms with Gasteiger partial charge in [-0.3, -0.25) is 10.1 Å². The van der Waals surface area contributed by atoms with Crippen LogP contribution in [-0.4, -0.2) is 40.3 Å². The molecule has 2 aromatic carbocycles. The predicted molar refractivity (Wildman–Crippen MR) is 135 cm³/mol. The lowest BCUT2D eigenvalue weighted by atomic mass is 10.0. The van der Waals surface area contributed by atoms with Crippen LogP contribution in [0.15, 0.2) is 42.5 Å². The first kappa shape index (κ1) is 24.2. The Bertz CT molecular complexity index is 1240. The highest BCUT2D eigenvalue weighted by molar-refractivity contribution is 6.00. The fourth-order valence-electron chi connectivity index (χ4n) is 4.51. The third-order valence-electron chi connectivity index (χ3n) is 6.47. The minimum Gasteiger partial charge on any atom is -0.396 e. The number of aryl methyl sites for hydroxylation is 1. The third-order valence-corrected chi connectivity index (χ3v) is 6.47. The van der Waals surface area contributed by atoms with Crippen LogP contribution < -0.4 is 15.5 Å². The summed E-state index contributed by atoms with van der Waals surface area (Å²) in [7, 11) is 1.78. The number of urea groups is 1. The molecular formula is C26H30N6O3. The summed E-state index contributed by atoms with van der Waals surface area (Å²) in [5, 5.41) is 23.8. The van der Waals surface area contributed by atoms with E-state index in [0.29, 0.717) is 48.0 Å². The van der Waals surface area contributed by atoms with Crippen molar-refractivity contribution in [1.82, 2.24) is 9.55 Å². The van der Waals surface area contributed by atoms with Gasteiger partial charge in [-0.1, -0.05) is 12.8 Å². The Morgan fingerprint density at radius 3 is 2.60 bits per heavy atom. The van der Waals surface area contributed by atoms with E-state index < -0.39 is 6.03 Å². The maximum Gasteiger partial charge on any atom is 0.326 e. The second-order valence-corrected chi connectivity index (χ2v) is 8.91. The molecule has 182 valence electrons. The van der Waals surface area contributed by atoms with Crippen molar-refractivity contribution in [3.63, 3.8) is 0 Å². The van der Waals surface area contributed by atoms with Crippen LogP contribution in [0.2, 0.25) is 0 Å². The van der Waals surface area contributed by atoms with Gasteiger partial charge < -0.3 is 19.9 Å². The maximum atomic E-state index is 12.8. The molecule has 0 saturated heterocycles. The largest absolute Gasteiger partial charge is 0.396 e. The van der Waals surface area contributed by atoms with Gasteiger partial charge in [0.25, 0.3) is 0 Å². The van der Waals surface area contributed by atoms with Crippen LogP contribution >= 0.6 is 0 Å². The zero-order chi connectivity index (χ0) is 24.8. The summed E-state index contributed by atoms with van der Waals surface area (Å²) in [6.45, 7) is 0.475. The van der Waals surface area contributed by atoms with Crippen LogP contribution in [0.25, 0.3) is 11.0 Å². The fourth-order valence-corrected chi connectivity index (χ4v) is 4.51. The zero-order valence-electron chi connectivity index (χ0n) is 19.8. The topological polar surface area (TPSA) is 123 Å². The lowest BCUT2D eigenvalue weighted by molar-refractivity contribution is -0.119. The predicted octanol–water partition coefficient (Wildman–Crippen LogP) is 4.48. The first-order chi connectivity index (χ1) is 17.0. The number of anilines is 3. The summed E-state index contributed by atoms with van der Waals surface area (Å²) in [6, 6.07) is 13.7. The van der Waals surface area contributed by atoms with E-state index in [9.17, 15) is 14.7 Å². The number of aromatic nitrogens is 2. The van der Waals surface area contributed by atoms with E-state index in [1.165, 1.54) is 12.8 Å². The first-order valence-electron chi connectivity index (χ1n) is 11.9. The van der Waals surface area contributed by atoms with Gasteiger partial charge in [-0.05, 0) is 67.6 Å². The number of benzene rings is 2. The molecule has 35 heavy (non-hydrogen) atoms. The quantitative estimate of drug-likeness (QED) is 0.444. The van der Waals surface area contributed by atoms with Crippen molar-refractivity contribution in [3.05, 3.63) is 48.0 Å². The van der Waals surface area contributed by atoms with E-state index in [-0.39, 0.29) is 12.5 Å². The van der Waals surface area contributed by atoms with E-state index in [1.54, 1.807) is 36.2 Å². The van der Waals surface area contributed by atoms with Crippen molar-refractivity contribution >= 4 is 40.3 Å². The molecule has 1 heterocycles. The van der Waals surface area contributed by atoms with E-state index in [0.717, 1.165) is 24.0 Å². The van der Waals surface area contributed by atoms with Crippen LogP contribution in [0.5, 0.6) is 0 Å². The molecule has 0 unspecified atom stereocenters. The minimum atomic E-state index is -0.473. The summed E-state index contributed by atoms with van der Waals surface area (Å²) < 4.78 is 1.84. The lowest BCUT2D eigenvalue weighted by Crippen LogP contribution is -2.27. The second-order valence-electron chi connectivity index (χ2n) is 8.91. The Hall–Kier alpha value is -3.90. The number of rotatable bonds is 8. The molecule has 0 aliphatic heterocycles. The Morgan fingerprint density at radius 2 is 1.91 bits per heavy atom. The van der Waals surface area contributed by atoms with Crippen molar-refractivity contribution in [2.45, 2.75) is 45.1 Å². The molecule has 1 saturated carbocycles. The third kappa shape index (κ3) is 5.78. The Kier molecular flexibility index (Phi) is 7.63. The molecule has 4 rings (SSSR count). The molecule has 3 amide bonds. The highest BCUT2D eigenvalue weighted by Crippen LogP contribution is 2.30. The number of nitrogens with zero attached hydrogens (tertiary/aromatic N) is 4. The van der Waals surface area contributed by atoms with Crippen LogP contribution in [-0.2, 0) is 11.3 Å². The van der Waals surface area contributed by atoms with Gasteiger partial charge in [0.2, 0.25) is 11.9 Å². The fraction of sp³-hybridized carbons (Fsp3) is 0.385. The highest BCUT2D eigenvalue weighted by Gasteiger charge is 2.22. The number of imidazole rings is 1. The minimum absolute atomic E-state index is 0.00699. The molecule has 3 aromatic rings.